The Balaban J connectivity index is 1.76. The first kappa shape index (κ1) is 39.6. The Morgan fingerprint density at radius 3 is 2.22 bits per heavy atom. The van der Waals surface area contributed by atoms with E-state index in [0.717, 1.165) is 43.2 Å². The van der Waals surface area contributed by atoms with Crippen LogP contribution in [0.1, 0.15) is 103 Å². The highest BCUT2D eigenvalue weighted by Crippen LogP contribution is 2.35. The van der Waals surface area contributed by atoms with Gasteiger partial charge in [-0.1, -0.05) is 107 Å². The lowest BCUT2D eigenvalue weighted by Gasteiger charge is -2.43. The maximum absolute atomic E-state index is 15.1. The first-order valence-electron chi connectivity index (χ1n) is 18.3. The second-order valence-corrected chi connectivity index (χ2v) is 15.2. The lowest BCUT2D eigenvalue weighted by molar-refractivity contribution is -0.149. The van der Waals surface area contributed by atoms with Gasteiger partial charge in [-0.3, -0.25) is 9.59 Å². The monoisotopic (exact) mass is 703 g/mol. The molecule has 0 unspecified atom stereocenters. The molecule has 1 fully saturated rings. The molecular weight excluding hydrogens is 646 g/mol. The van der Waals surface area contributed by atoms with Gasteiger partial charge in [0.15, 0.2) is 0 Å². The zero-order valence-corrected chi connectivity index (χ0v) is 30.9. The summed E-state index contributed by atoms with van der Waals surface area (Å²) in [7, 11) is 0. The van der Waals surface area contributed by atoms with Gasteiger partial charge in [0.1, 0.15) is 36.3 Å². The number of carbonyl (C=O) groups excluding carboxylic acids is 3. The fraction of sp³-hybridized carbons (Fsp3) is 0.550. The molecule has 0 radical (unpaired) electrons. The maximum Gasteiger partial charge on any atom is 0.408 e. The summed E-state index contributed by atoms with van der Waals surface area (Å²) in [6, 6.07) is 16.1. The van der Waals surface area contributed by atoms with Crippen LogP contribution < -0.4 is 11.1 Å². The molecule has 2 aromatic carbocycles. The Labute approximate surface area is 302 Å². The number of primary amides is 1. The van der Waals surface area contributed by atoms with Gasteiger partial charge in [-0.25, -0.2) is 9.78 Å². The fourth-order valence-corrected chi connectivity index (χ4v) is 6.90. The Kier molecular flexibility index (Phi) is 14.6. The average molecular weight is 704 g/mol. The third-order valence-electron chi connectivity index (χ3n) is 9.26. The van der Waals surface area contributed by atoms with Crippen molar-refractivity contribution >= 4 is 17.9 Å². The van der Waals surface area contributed by atoms with Gasteiger partial charge in [0.25, 0.3) is 0 Å². The lowest BCUT2D eigenvalue weighted by atomic mass is 9.82. The molecule has 1 aliphatic carbocycles. The van der Waals surface area contributed by atoms with E-state index in [1.165, 1.54) is 4.90 Å². The normalized spacial score (nSPS) is 16.2. The molecule has 51 heavy (non-hydrogen) atoms. The molecule has 11 nitrogen and oxygen atoms in total. The molecule has 4 rings (SSSR count). The third-order valence-corrected chi connectivity index (χ3v) is 9.26. The highest BCUT2D eigenvalue weighted by molar-refractivity contribution is 5.91. The van der Waals surface area contributed by atoms with Gasteiger partial charge in [-0.2, -0.15) is 0 Å². The van der Waals surface area contributed by atoms with E-state index in [4.69, 9.17) is 15.2 Å². The molecular formula is C40H57N5O6. The number of imidazole rings is 1. The average Bonchev–Trinajstić information content (AvgIpc) is 3.55. The predicted octanol–water partition coefficient (Wildman–Crippen LogP) is 6.29. The number of nitrogens with two attached hydrogens (primary N) is 1. The molecule has 1 saturated carbocycles. The maximum atomic E-state index is 15.1. The Morgan fingerprint density at radius 1 is 1.00 bits per heavy atom. The SMILES string of the molecule is CC(C)C[C@@H](C(N)=O)N(C(=O)[C@H](Cc1ccccc1)NC(=O)OC(C)(C)C)[C@@H](CC1CCCCC1)[C@@H](O)c1nccn1COCc1ccccc1. The van der Waals surface area contributed by atoms with Crippen molar-refractivity contribution < 1.29 is 29.0 Å². The summed E-state index contributed by atoms with van der Waals surface area (Å²) in [6.45, 7) is 9.65. The van der Waals surface area contributed by atoms with Crippen molar-refractivity contribution in [3.05, 3.63) is 90.0 Å². The first-order valence-corrected chi connectivity index (χ1v) is 18.3. The van der Waals surface area contributed by atoms with Crippen molar-refractivity contribution in [3.8, 4) is 0 Å². The van der Waals surface area contributed by atoms with Crippen molar-refractivity contribution in [3.63, 3.8) is 0 Å². The highest BCUT2D eigenvalue weighted by atomic mass is 16.6. The van der Waals surface area contributed by atoms with Crippen molar-refractivity contribution in [1.29, 1.82) is 0 Å². The van der Waals surface area contributed by atoms with E-state index < -0.39 is 47.7 Å². The molecule has 3 aromatic rings. The van der Waals surface area contributed by atoms with Crippen molar-refractivity contribution in [2.24, 2.45) is 17.6 Å². The van der Waals surface area contributed by atoms with Crippen LogP contribution in [0.15, 0.2) is 73.1 Å². The van der Waals surface area contributed by atoms with Crippen LogP contribution in [0.2, 0.25) is 0 Å². The van der Waals surface area contributed by atoms with Crippen LogP contribution in [-0.4, -0.2) is 61.2 Å². The second kappa shape index (κ2) is 18.9. The number of rotatable bonds is 17. The number of hydrogen-bond acceptors (Lipinski definition) is 7. The minimum Gasteiger partial charge on any atom is -0.444 e. The number of amides is 3. The molecule has 4 N–H and O–H groups in total. The van der Waals surface area contributed by atoms with E-state index in [-0.39, 0.29) is 31.4 Å². The number of benzene rings is 2. The van der Waals surface area contributed by atoms with Gasteiger partial charge >= 0.3 is 6.09 Å². The summed E-state index contributed by atoms with van der Waals surface area (Å²) < 4.78 is 13.3. The van der Waals surface area contributed by atoms with E-state index in [1.54, 1.807) is 37.7 Å². The number of nitrogens with one attached hydrogen (secondary N) is 1. The summed E-state index contributed by atoms with van der Waals surface area (Å²) in [6.07, 6.45) is 7.21. The predicted molar refractivity (Wildman–Crippen MR) is 196 cm³/mol. The molecule has 0 aliphatic heterocycles. The number of ether oxygens (including phenoxy) is 2. The van der Waals surface area contributed by atoms with E-state index in [9.17, 15) is 14.7 Å². The number of aliphatic hydroxyl groups is 1. The van der Waals surface area contributed by atoms with Crippen LogP contribution in [0.5, 0.6) is 0 Å². The molecule has 0 bridgehead atoms. The zero-order chi connectivity index (χ0) is 37.0. The fourth-order valence-electron chi connectivity index (χ4n) is 6.90. The molecule has 11 heteroatoms. The van der Waals surface area contributed by atoms with Gasteiger partial charge in [0.05, 0.1) is 12.6 Å². The molecule has 1 aromatic heterocycles. The molecule has 3 amide bonds. The Hall–Kier alpha value is -4.22. The molecule has 1 aliphatic rings. The summed E-state index contributed by atoms with van der Waals surface area (Å²) in [4.78, 5) is 47.8. The van der Waals surface area contributed by atoms with Crippen molar-refractivity contribution in [1.82, 2.24) is 19.8 Å². The van der Waals surface area contributed by atoms with Gasteiger partial charge < -0.3 is 35.1 Å². The molecule has 278 valence electrons. The topological polar surface area (TPSA) is 149 Å². The minimum atomic E-state index is -1.29. The highest BCUT2D eigenvalue weighted by Gasteiger charge is 2.43. The van der Waals surface area contributed by atoms with Gasteiger partial charge in [0.2, 0.25) is 11.8 Å². The summed E-state index contributed by atoms with van der Waals surface area (Å²) >= 11 is 0. The van der Waals surface area contributed by atoms with Crippen LogP contribution in [0, 0.1) is 11.8 Å². The van der Waals surface area contributed by atoms with Crippen LogP contribution >= 0.6 is 0 Å². The number of nitrogens with zero attached hydrogens (tertiary/aromatic N) is 3. The van der Waals surface area contributed by atoms with Crippen molar-refractivity contribution in [2.45, 2.75) is 129 Å². The Morgan fingerprint density at radius 2 is 1.63 bits per heavy atom. The molecule has 0 spiro atoms. The van der Waals surface area contributed by atoms with Gasteiger partial charge in [0, 0.05) is 18.8 Å². The molecule has 0 saturated heterocycles. The van der Waals surface area contributed by atoms with Crippen LogP contribution in [-0.2, 0) is 38.8 Å². The van der Waals surface area contributed by atoms with E-state index >= 15 is 4.79 Å². The molecule has 1 heterocycles. The summed E-state index contributed by atoms with van der Waals surface area (Å²) in [5.74, 6) is -0.694. The number of aliphatic hydroxyl groups excluding tert-OH is 1. The first-order chi connectivity index (χ1) is 24.3. The zero-order valence-electron chi connectivity index (χ0n) is 30.9. The second-order valence-electron chi connectivity index (χ2n) is 15.2. The third kappa shape index (κ3) is 12.2. The lowest BCUT2D eigenvalue weighted by Crippen LogP contribution is -2.61. The van der Waals surface area contributed by atoms with E-state index in [0.29, 0.717) is 18.9 Å². The van der Waals surface area contributed by atoms with E-state index in [2.05, 4.69) is 10.3 Å². The smallest absolute Gasteiger partial charge is 0.408 e. The van der Waals surface area contributed by atoms with Gasteiger partial charge in [-0.15, -0.1) is 0 Å². The standard InChI is InChI=1S/C40H57N5O6/c1-28(2)23-34(36(41)47)45(38(48)32(24-29-15-9-6-10-16-29)43-39(49)51-40(3,4)5)33(25-30-17-11-7-12-18-30)35(46)37-42-21-22-44(37)27-50-26-31-19-13-8-14-20-31/h6,8-10,13-16,19-22,28,30,32-35,46H,7,11-12,17-18,23-27H2,1-5H3,(H2,41,47)(H,43,49)/t32-,33-,34-,35+/m0/s1. The Bertz CT molecular complexity index is 1520. The van der Waals surface area contributed by atoms with Crippen molar-refractivity contribution in [2.75, 3.05) is 0 Å². The van der Waals surface area contributed by atoms with Gasteiger partial charge in [-0.05, 0) is 56.6 Å². The quantitative estimate of drug-likeness (QED) is 0.150. The van der Waals surface area contributed by atoms with Crippen LogP contribution in [0.25, 0.3) is 0 Å². The minimum absolute atomic E-state index is 0.00923. The number of alkyl carbamates (subject to hydrolysis) is 1. The number of hydrogen-bond donors (Lipinski definition) is 3. The number of aromatic nitrogens is 2. The molecule has 4 atom stereocenters. The summed E-state index contributed by atoms with van der Waals surface area (Å²) in [5.41, 5.74) is 7.14. The largest absolute Gasteiger partial charge is 0.444 e. The number of carbonyl (C=O) groups is 3. The van der Waals surface area contributed by atoms with Crippen LogP contribution in [0.3, 0.4) is 0 Å². The van der Waals surface area contributed by atoms with E-state index in [1.807, 2.05) is 74.5 Å². The van der Waals surface area contributed by atoms with Crippen LogP contribution in [0.4, 0.5) is 4.79 Å². The summed E-state index contributed by atoms with van der Waals surface area (Å²) in [5, 5.41) is 15.2.